The molecule has 0 radical (unpaired) electrons. The molecule has 3 aliphatic rings. The molecule has 6 heteroatoms. The van der Waals surface area contributed by atoms with E-state index in [0.717, 1.165) is 38.1 Å². The summed E-state index contributed by atoms with van der Waals surface area (Å²) in [6, 6.07) is 9.84. The number of benzene rings is 1. The molecule has 2 amide bonds. The van der Waals surface area contributed by atoms with Gasteiger partial charge in [-0.1, -0.05) is 30.3 Å². The fourth-order valence-electron chi connectivity index (χ4n) is 4.22. The SMILES string of the molecule is O=C(O)N1CC[C@@H](C(=O)N2CCC3(CC2)CO3)[C@H](c2ccccc2)C1. The summed E-state index contributed by atoms with van der Waals surface area (Å²) in [5, 5.41) is 9.36. The van der Waals surface area contributed by atoms with Crippen molar-refractivity contribution in [2.24, 2.45) is 5.92 Å². The molecule has 1 aromatic rings. The molecule has 6 nitrogen and oxygen atoms in total. The molecule has 0 unspecified atom stereocenters. The van der Waals surface area contributed by atoms with Gasteiger partial charge in [-0.2, -0.15) is 0 Å². The minimum Gasteiger partial charge on any atom is -0.465 e. The number of rotatable bonds is 2. The number of epoxide rings is 1. The minimum atomic E-state index is -0.905. The van der Waals surface area contributed by atoms with Gasteiger partial charge in [-0.25, -0.2) is 4.79 Å². The zero-order valence-corrected chi connectivity index (χ0v) is 14.3. The van der Waals surface area contributed by atoms with Gasteiger partial charge >= 0.3 is 6.09 Å². The summed E-state index contributed by atoms with van der Waals surface area (Å²) in [4.78, 5) is 28.0. The molecule has 3 aliphatic heterocycles. The van der Waals surface area contributed by atoms with Gasteiger partial charge in [0.25, 0.3) is 0 Å². The van der Waals surface area contributed by atoms with Crippen LogP contribution in [0.25, 0.3) is 0 Å². The fourth-order valence-corrected chi connectivity index (χ4v) is 4.22. The minimum absolute atomic E-state index is 0.0578. The second kappa shape index (κ2) is 6.33. The molecule has 0 bridgehead atoms. The molecular formula is C19H24N2O4. The van der Waals surface area contributed by atoms with Gasteiger partial charge in [-0.15, -0.1) is 0 Å². The average molecular weight is 344 g/mol. The monoisotopic (exact) mass is 344 g/mol. The Hall–Kier alpha value is -2.08. The van der Waals surface area contributed by atoms with Crippen LogP contribution in [-0.4, -0.2) is 65.3 Å². The molecule has 4 rings (SSSR count). The molecular weight excluding hydrogens is 320 g/mol. The lowest BCUT2D eigenvalue weighted by molar-refractivity contribution is -0.139. The van der Waals surface area contributed by atoms with Crippen LogP contribution in [0.15, 0.2) is 30.3 Å². The quantitative estimate of drug-likeness (QED) is 0.835. The Morgan fingerprint density at radius 2 is 1.76 bits per heavy atom. The van der Waals surface area contributed by atoms with E-state index in [0.29, 0.717) is 19.5 Å². The Balaban J connectivity index is 1.51. The molecule has 1 N–H and O–H groups in total. The first-order valence-corrected chi connectivity index (χ1v) is 9.04. The number of piperidine rings is 2. The second-order valence-electron chi connectivity index (χ2n) is 7.44. The van der Waals surface area contributed by atoms with Crippen LogP contribution in [0.2, 0.25) is 0 Å². The van der Waals surface area contributed by atoms with Crippen molar-refractivity contribution < 1.29 is 19.4 Å². The highest BCUT2D eigenvalue weighted by molar-refractivity contribution is 5.80. The number of ether oxygens (including phenoxy) is 1. The highest BCUT2D eigenvalue weighted by atomic mass is 16.6. The van der Waals surface area contributed by atoms with Crippen LogP contribution in [0.5, 0.6) is 0 Å². The van der Waals surface area contributed by atoms with E-state index in [-0.39, 0.29) is 23.3 Å². The molecule has 134 valence electrons. The number of hydrogen-bond donors (Lipinski definition) is 1. The zero-order chi connectivity index (χ0) is 17.4. The lowest BCUT2D eigenvalue weighted by atomic mass is 9.79. The van der Waals surface area contributed by atoms with Crippen LogP contribution in [0, 0.1) is 5.92 Å². The van der Waals surface area contributed by atoms with Crippen molar-refractivity contribution >= 4 is 12.0 Å². The molecule has 3 saturated heterocycles. The predicted molar refractivity (Wildman–Crippen MR) is 91.4 cm³/mol. The molecule has 0 aliphatic carbocycles. The van der Waals surface area contributed by atoms with E-state index in [1.54, 1.807) is 0 Å². The number of likely N-dealkylation sites (tertiary alicyclic amines) is 2. The number of carboxylic acid groups (broad SMARTS) is 1. The number of carbonyl (C=O) groups is 2. The second-order valence-corrected chi connectivity index (χ2v) is 7.44. The summed E-state index contributed by atoms with van der Waals surface area (Å²) in [7, 11) is 0. The largest absolute Gasteiger partial charge is 0.465 e. The Kier molecular flexibility index (Phi) is 4.15. The Bertz CT molecular complexity index is 649. The summed E-state index contributed by atoms with van der Waals surface area (Å²) < 4.78 is 5.53. The molecule has 0 aromatic heterocycles. The maximum absolute atomic E-state index is 13.2. The number of hydrogen-bond acceptors (Lipinski definition) is 3. The van der Waals surface area contributed by atoms with E-state index in [9.17, 15) is 14.7 Å². The molecule has 1 aromatic carbocycles. The number of carbonyl (C=O) groups excluding carboxylic acids is 1. The highest BCUT2D eigenvalue weighted by Gasteiger charge is 2.48. The third kappa shape index (κ3) is 3.23. The Morgan fingerprint density at radius 3 is 2.36 bits per heavy atom. The van der Waals surface area contributed by atoms with Crippen molar-refractivity contribution in [2.75, 3.05) is 32.8 Å². The van der Waals surface area contributed by atoms with Crippen molar-refractivity contribution in [3.8, 4) is 0 Å². The average Bonchev–Trinajstić information content (AvgIpc) is 3.41. The van der Waals surface area contributed by atoms with Gasteiger partial charge in [0, 0.05) is 38.0 Å². The summed E-state index contributed by atoms with van der Waals surface area (Å²) in [6.45, 7) is 3.14. The summed E-state index contributed by atoms with van der Waals surface area (Å²) >= 11 is 0. The normalized spacial score (nSPS) is 28.0. The van der Waals surface area contributed by atoms with E-state index in [1.165, 1.54) is 4.90 Å². The van der Waals surface area contributed by atoms with Crippen molar-refractivity contribution in [3.63, 3.8) is 0 Å². The van der Waals surface area contributed by atoms with Gasteiger partial charge in [0.2, 0.25) is 5.91 Å². The van der Waals surface area contributed by atoms with Crippen molar-refractivity contribution in [1.82, 2.24) is 9.80 Å². The first-order chi connectivity index (χ1) is 12.1. The molecule has 3 heterocycles. The first kappa shape index (κ1) is 16.4. The van der Waals surface area contributed by atoms with Crippen LogP contribution in [0.3, 0.4) is 0 Å². The van der Waals surface area contributed by atoms with Crippen LogP contribution in [-0.2, 0) is 9.53 Å². The number of amides is 2. The fraction of sp³-hybridized carbons (Fsp3) is 0.579. The van der Waals surface area contributed by atoms with Crippen LogP contribution in [0.4, 0.5) is 4.79 Å². The smallest absolute Gasteiger partial charge is 0.407 e. The lowest BCUT2D eigenvalue weighted by Crippen LogP contribution is -2.50. The van der Waals surface area contributed by atoms with Crippen molar-refractivity contribution in [2.45, 2.75) is 30.8 Å². The highest BCUT2D eigenvalue weighted by Crippen LogP contribution is 2.39. The van der Waals surface area contributed by atoms with E-state index >= 15 is 0 Å². The topological polar surface area (TPSA) is 73.4 Å². The predicted octanol–water partition coefficient (Wildman–Crippen LogP) is 2.16. The lowest BCUT2D eigenvalue weighted by Gasteiger charge is -2.40. The Morgan fingerprint density at radius 1 is 1.08 bits per heavy atom. The molecule has 25 heavy (non-hydrogen) atoms. The molecule has 0 saturated carbocycles. The van der Waals surface area contributed by atoms with Gasteiger partial charge in [0.1, 0.15) is 0 Å². The molecule has 1 spiro atoms. The van der Waals surface area contributed by atoms with Gasteiger partial charge in [-0.05, 0) is 24.8 Å². The third-order valence-electron chi connectivity index (χ3n) is 5.97. The summed E-state index contributed by atoms with van der Waals surface area (Å²) in [5.41, 5.74) is 1.10. The van der Waals surface area contributed by atoms with E-state index in [2.05, 4.69) is 0 Å². The van der Waals surface area contributed by atoms with Gasteiger partial charge in [0.05, 0.1) is 12.2 Å². The van der Waals surface area contributed by atoms with E-state index in [4.69, 9.17) is 4.74 Å². The van der Waals surface area contributed by atoms with Crippen molar-refractivity contribution in [3.05, 3.63) is 35.9 Å². The van der Waals surface area contributed by atoms with E-state index < -0.39 is 6.09 Å². The zero-order valence-electron chi connectivity index (χ0n) is 14.3. The standard InChI is InChI=1S/C19H24N2O4/c22-17(20-10-7-19(8-11-20)13-25-19)15-6-9-21(18(23)24)12-16(15)14-4-2-1-3-5-14/h1-5,15-16H,6-13H2,(H,23,24)/t15-,16+/m1/s1. The summed E-state index contributed by atoms with van der Waals surface area (Å²) in [6.07, 6.45) is 1.52. The Labute approximate surface area is 147 Å². The third-order valence-corrected chi connectivity index (χ3v) is 5.97. The van der Waals surface area contributed by atoms with Gasteiger partial charge < -0.3 is 19.6 Å². The molecule has 3 fully saturated rings. The van der Waals surface area contributed by atoms with Gasteiger partial charge in [-0.3, -0.25) is 4.79 Å². The first-order valence-electron chi connectivity index (χ1n) is 9.04. The van der Waals surface area contributed by atoms with Crippen LogP contribution < -0.4 is 0 Å². The molecule has 2 atom stereocenters. The maximum atomic E-state index is 13.2. The van der Waals surface area contributed by atoms with Crippen LogP contribution >= 0.6 is 0 Å². The van der Waals surface area contributed by atoms with Gasteiger partial charge in [0.15, 0.2) is 0 Å². The van der Waals surface area contributed by atoms with Crippen LogP contribution in [0.1, 0.15) is 30.7 Å². The number of nitrogens with zero attached hydrogens (tertiary/aromatic N) is 2. The van der Waals surface area contributed by atoms with E-state index in [1.807, 2.05) is 35.2 Å². The van der Waals surface area contributed by atoms with Crippen molar-refractivity contribution in [1.29, 1.82) is 0 Å². The summed E-state index contributed by atoms with van der Waals surface area (Å²) in [5.74, 6) is -0.0480. The maximum Gasteiger partial charge on any atom is 0.407 e.